The van der Waals surface area contributed by atoms with Crippen LogP contribution in [0.4, 0.5) is 11.4 Å². The molecule has 0 saturated carbocycles. The van der Waals surface area contributed by atoms with Crippen molar-refractivity contribution in [1.82, 2.24) is 4.31 Å². The minimum Gasteiger partial charge on any atom is -0.379 e. The van der Waals surface area contributed by atoms with E-state index in [0.717, 1.165) is 12.5 Å². The molecule has 7 nitrogen and oxygen atoms in total. The Balaban J connectivity index is 3.15. The molecular formula is C15H25N3O4S. The molecule has 0 amide bonds. The van der Waals surface area contributed by atoms with E-state index in [1.807, 2.05) is 0 Å². The number of nitro benzene ring substituents is 1. The maximum absolute atomic E-state index is 12.5. The number of nitrogens with one attached hydrogen (secondary N) is 1. The molecule has 0 spiro atoms. The van der Waals surface area contributed by atoms with Crippen LogP contribution in [0.1, 0.15) is 34.1 Å². The van der Waals surface area contributed by atoms with Gasteiger partial charge in [0.05, 0.1) is 9.82 Å². The molecule has 0 aliphatic rings. The summed E-state index contributed by atoms with van der Waals surface area (Å²) in [6.45, 7) is 8.84. The summed E-state index contributed by atoms with van der Waals surface area (Å²) >= 11 is 0. The minimum absolute atomic E-state index is 0.0534. The molecule has 0 saturated heterocycles. The number of nitro groups is 1. The third kappa shape index (κ3) is 4.90. The number of hydrogen-bond donors (Lipinski definition) is 1. The molecule has 0 heterocycles. The summed E-state index contributed by atoms with van der Waals surface area (Å²) in [4.78, 5) is 10.7. The number of sulfonamides is 1. The van der Waals surface area contributed by atoms with Crippen LogP contribution in [0.15, 0.2) is 23.1 Å². The maximum Gasteiger partial charge on any atom is 0.293 e. The van der Waals surface area contributed by atoms with Crippen molar-refractivity contribution in [2.75, 3.05) is 25.0 Å². The minimum atomic E-state index is -3.71. The summed E-state index contributed by atoms with van der Waals surface area (Å²) in [5.74, 6) is 0.476. The maximum atomic E-state index is 12.5. The molecule has 8 heteroatoms. The predicted octanol–water partition coefficient (Wildman–Crippen LogP) is 3.08. The molecule has 0 fully saturated rings. The van der Waals surface area contributed by atoms with Crippen LogP contribution in [0.5, 0.6) is 0 Å². The standard InChI is InChI=1S/C15H25N3O4S/c1-5-17(6-2)23(21,22)13-7-8-14(15(11-13)18(19)20)16-10-9-12(3)4/h7-8,11-12,16H,5-6,9-10H2,1-4H3. The molecule has 1 rings (SSSR count). The molecule has 130 valence electrons. The number of anilines is 1. The van der Waals surface area contributed by atoms with Crippen molar-refractivity contribution in [1.29, 1.82) is 0 Å². The number of benzene rings is 1. The van der Waals surface area contributed by atoms with Crippen LogP contribution < -0.4 is 5.32 Å². The molecular weight excluding hydrogens is 318 g/mol. The molecule has 23 heavy (non-hydrogen) atoms. The van der Waals surface area contributed by atoms with Gasteiger partial charge >= 0.3 is 0 Å². The lowest BCUT2D eigenvalue weighted by atomic mass is 10.1. The summed E-state index contributed by atoms with van der Waals surface area (Å²) < 4.78 is 26.2. The summed E-state index contributed by atoms with van der Waals surface area (Å²) in [6.07, 6.45) is 0.872. The summed E-state index contributed by atoms with van der Waals surface area (Å²) in [5.41, 5.74) is 0.121. The van der Waals surface area contributed by atoms with E-state index < -0.39 is 14.9 Å². The Bertz CT molecular complexity index is 640. The first-order valence-corrected chi connectivity index (χ1v) is 9.20. The Labute approximate surface area is 137 Å². The van der Waals surface area contributed by atoms with Gasteiger partial charge in [-0.1, -0.05) is 27.7 Å². The smallest absolute Gasteiger partial charge is 0.293 e. The molecule has 0 aromatic heterocycles. The van der Waals surface area contributed by atoms with Gasteiger partial charge in [-0.2, -0.15) is 4.31 Å². The molecule has 1 aromatic carbocycles. The van der Waals surface area contributed by atoms with Crippen LogP contribution in [0.3, 0.4) is 0 Å². The van der Waals surface area contributed by atoms with Crippen LogP contribution in [0, 0.1) is 16.0 Å². The zero-order valence-corrected chi connectivity index (χ0v) is 14.9. The Morgan fingerprint density at radius 2 is 1.87 bits per heavy atom. The highest BCUT2D eigenvalue weighted by Gasteiger charge is 2.25. The van der Waals surface area contributed by atoms with Gasteiger partial charge in [-0.25, -0.2) is 8.42 Å². The average molecular weight is 343 g/mol. The summed E-state index contributed by atoms with van der Waals surface area (Å²) in [7, 11) is -3.71. The number of nitrogens with zero attached hydrogens (tertiary/aromatic N) is 2. The highest BCUT2D eigenvalue weighted by molar-refractivity contribution is 7.89. The zero-order chi connectivity index (χ0) is 17.6. The lowest BCUT2D eigenvalue weighted by Crippen LogP contribution is -2.30. The van der Waals surface area contributed by atoms with Crippen molar-refractivity contribution in [2.45, 2.75) is 39.0 Å². The Morgan fingerprint density at radius 3 is 2.35 bits per heavy atom. The molecule has 0 aliphatic carbocycles. The quantitative estimate of drug-likeness (QED) is 0.549. The Hall–Kier alpha value is -1.67. The molecule has 1 N–H and O–H groups in total. The first kappa shape index (κ1) is 19.4. The first-order chi connectivity index (χ1) is 10.7. The molecule has 0 bridgehead atoms. The fourth-order valence-corrected chi connectivity index (χ4v) is 3.66. The van der Waals surface area contributed by atoms with Gasteiger partial charge in [-0.05, 0) is 24.5 Å². The number of rotatable bonds is 9. The number of hydrogen-bond acceptors (Lipinski definition) is 5. The second-order valence-electron chi connectivity index (χ2n) is 5.63. The Morgan fingerprint density at radius 1 is 1.26 bits per heavy atom. The van der Waals surface area contributed by atoms with Crippen molar-refractivity contribution in [3.8, 4) is 0 Å². The largest absolute Gasteiger partial charge is 0.379 e. The molecule has 0 atom stereocenters. The van der Waals surface area contributed by atoms with Crippen molar-refractivity contribution in [3.05, 3.63) is 28.3 Å². The second-order valence-corrected chi connectivity index (χ2v) is 7.57. The molecule has 0 radical (unpaired) electrons. The van der Waals surface area contributed by atoms with Crippen LogP contribution in [-0.4, -0.2) is 37.3 Å². The molecule has 0 aliphatic heterocycles. The predicted molar refractivity (Wildman–Crippen MR) is 91.1 cm³/mol. The van der Waals surface area contributed by atoms with E-state index >= 15 is 0 Å². The van der Waals surface area contributed by atoms with Gasteiger partial charge in [0.25, 0.3) is 5.69 Å². The monoisotopic (exact) mass is 343 g/mol. The van der Waals surface area contributed by atoms with E-state index in [1.165, 1.54) is 16.4 Å². The van der Waals surface area contributed by atoms with E-state index in [0.29, 0.717) is 31.2 Å². The van der Waals surface area contributed by atoms with Crippen LogP contribution >= 0.6 is 0 Å². The third-order valence-corrected chi connectivity index (χ3v) is 5.59. The van der Waals surface area contributed by atoms with Crippen molar-refractivity contribution in [3.63, 3.8) is 0 Å². The highest BCUT2D eigenvalue weighted by Crippen LogP contribution is 2.29. The van der Waals surface area contributed by atoms with Gasteiger partial charge in [0.2, 0.25) is 10.0 Å². The molecule has 0 unspecified atom stereocenters. The van der Waals surface area contributed by atoms with Gasteiger partial charge < -0.3 is 5.32 Å². The lowest BCUT2D eigenvalue weighted by Gasteiger charge is -2.18. The van der Waals surface area contributed by atoms with E-state index in [4.69, 9.17) is 0 Å². The van der Waals surface area contributed by atoms with Crippen LogP contribution in [0.2, 0.25) is 0 Å². The zero-order valence-electron chi connectivity index (χ0n) is 14.1. The topological polar surface area (TPSA) is 92.6 Å². The van der Waals surface area contributed by atoms with Gasteiger partial charge in [-0.3, -0.25) is 10.1 Å². The fraction of sp³-hybridized carbons (Fsp3) is 0.600. The first-order valence-electron chi connectivity index (χ1n) is 7.76. The van der Waals surface area contributed by atoms with E-state index in [9.17, 15) is 18.5 Å². The van der Waals surface area contributed by atoms with Gasteiger partial charge in [-0.15, -0.1) is 0 Å². The van der Waals surface area contributed by atoms with Crippen molar-refractivity contribution in [2.24, 2.45) is 5.92 Å². The third-order valence-electron chi connectivity index (χ3n) is 3.55. The summed E-state index contributed by atoms with van der Waals surface area (Å²) in [5, 5.41) is 14.3. The average Bonchev–Trinajstić information content (AvgIpc) is 2.47. The molecule has 1 aromatic rings. The SMILES string of the molecule is CCN(CC)S(=O)(=O)c1ccc(NCCC(C)C)c([N+](=O)[O-])c1. The lowest BCUT2D eigenvalue weighted by molar-refractivity contribution is -0.384. The van der Waals surface area contributed by atoms with E-state index in [-0.39, 0.29) is 10.6 Å². The normalized spacial score (nSPS) is 11.9. The van der Waals surface area contributed by atoms with Gasteiger partial charge in [0.1, 0.15) is 5.69 Å². The summed E-state index contributed by atoms with van der Waals surface area (Å²) in [6, 6.07) is 4.01. The van der Waals surface area contributed by atoms with E-state index in [1.54, 1.807) is 13.8 Å². The van der Waals surface area contributed by atoms with Gasteiger partial charge in [0, 0.05) is 25.7 Å². The highest BCUT2D eigenvalue weighted by atomic mass is 32.2. The van der Waals surface area contributed by atoms with Crippen LogP contribution in [0.25, 0.3) is 0 Å². The van der Waals surface area contributed by atoms with Crippen molar-refractivity contribution < 1.29 is 13.3 Å². The van der Waals surface area contributed by atoms with Gasteiger partial charge in [0.15, 0.2) is 0 Å². The van der Waals surface area contributed by atoms with Crippen LogP contribution in [-0.2, 0) is 10.0 Å². The van der Waals surface area contributed by atoms with Crippen molar-refractivity contribution >= 4 is 21.4 Å². The fourth-order valence-electron chi connectivity index (χ4n) is 2.18. The second kappa shape index (κ2) is 8.26. The Kier molecular flexibility index (Phi) is 6.96. The van der Waals surface area contributed by atoms with E-state index in [2.05, 4.69) is 19.2 Å².